The number of hydrogen-bond donors (Lipinski definition) is 0. The third kappa shape index (κ3) is 4.83. The molecule has 12 heteroatoms. The van der Waals surface area contributed by atoms with Crippen molar-refractivity contribution in [3.8, 4) is 55.6 Å². The predicted octanol–water partition coefficient (Wildman–Crippen LogP) is 14.7. The van der Waals surface area contributed by atoms with Crippen molar-refractivity contribution in [1.82, 2.24) is 0 Å². The maximum Gasteiger partial charge on any atom is 0.411 e. The molecule has 0 nitrogen and oxygen atoms in total. The number of aryl methyl sites for hydroxylation is 2. The molecule has 0 aliphatic heterocycles. The normalized spacial score (nSPS) is 16.9. The first kappa shape index (κ1) is 39.0. The molecule has 59 heavy (non-hydrogen) atoms. The Hall–Kier alpha value is -5.52. The van der Waals surface area contributed by atoms with Crippen LogP contribution < -0.4 is 0 Å². The molecule has 6 aromatic rings. The first-order valence-electron chi connectivity index (χ1n) is 18.5. The first-order valence-corrected chi connectivity index (χ1v) is 18.5. The van der Waals surface area contributed by atoms with Crippen LogP contribution in [0.4, 0.5) is 52.7 Å². The second-order valence-electron chi connectivity index (χ2n) is 16.2. The van der Waals surface area contributed by atoms with E-state index in [1.54, 1.807) is 38.1 Å². The van der Waals surface area contributed by atoms with Crippen molar-refractivity contribution >= 4 is 0 Å². The van der Waals surface area contributed by atoms with Gasteiger partial charge in [-0.25, -0.2) is 0 Å². The highest BCUT2D eigenvalue weighted by Crippen LogP contribution is 2.66. The molecule has 0 heterocycles. The molecule has 3 aliphatic carbocycles. The van der Waals surface area contributed by atoms with Crippen molar-refractivity contribution in [2.24, 2.45) is 0 Å². The summed E-state index contributed by atoms with van der Waals surface area (Å²) in [6.45, 7) is 7.10. The van der Waals surface area contributed by atoms with Gasteiger partial charge in [-0.3, -0.25) is 0 Å². The quantitative estimate of drug-likeness (QED) is 0.153. The first-order chi connectivity index (χ1) is 27.4. The van der Waals surface area contributed by atoms with Gasteiger partial charge in [0, 0.05) is 5.41 Å². The predicted molar refractivity (Wildman–Crippen MR) is 201 cm³/mol. The van der Waals surface area contributed by atoms with Crippen molar-refractivity contribution < 1.29 is 52.7 Å². The zero-order chi connectivity index (χ0) is 42.6. The maximum atomic E-state index is 15.0. The fourth-order valence-corrected chi connectivity index (χ4v) is 10.1. The molecule has 0 radical (unpaired) electrons. The molecule has 0 N–H and O–H groups in total. The monoisotopic (exact) mass is 822 g/mol. The third-order valence-corrected chi connectivity index (χ3v) is 12.8. The Morgan fingerprint density at radius 1 is 0.322 bits per heavy atom. The van der Waals surface area contributed by atoms with Crippen LogP contribution in [0, 0.1) is 13.8 Å². The Morgan fingerprint density at radius 3 is 0.983 bits per heavy atom. The lowest BCUT2D eigenvalue weighted by molar-refractivity contribution is -0.288. The Morgan fingerprint density at radius 2 is 0.644 bits per heavy atom. The van der Waals surface area contributed by atoms with E-state index >= 15 is 0 Å². The fraction of sp³-hybridized carbons (Fsp3) is 0.234. The van der Waals surface area contributed by atoms with Crippen molar-refractivity contribution in [1.29, 1.82) is 0 Å². The van der Waals surface area contributed by atoms with Crippen LogP contribution in [0.1, 0.15) is 58.4 Å². The van der Waals surface area contributed by atoms with Gasteiger partial charge < -0.3 is 0 Å². The lowest BCUT2D eigenvalue weighted by Crippen LogP contribution is -2.53. The van der Waals surface area contributed by atoms with E-state index in [1.807, 2.05) is 13.8 Å². The number of benzene rings is 6. The van der Waals surface area contributed by atoms with E-state index in [4.69, 9.17) is 0 Å². The lowest BCUT2D eigenvalue weighted by Gasteiger charge is -2.36. The molecule has 0 atom stereocenters. The van der Waals surface area contributed by atoms with Crippen LogP contribution in [0.2, 0.25) is 0 Å². The average Bonchev–Trinajstić information content (AvgIpc) is 3.69. The molecule has 0 spiro atoms. The van der Waals surface area contributed by atoms with Gasteiger partial charge in [0.25, 0.3) is 0 Å². The number of alkyl halides is 12. The molecule has 0 amide bonds. The highest BCUT2D eigenvalue weighted by Gasteiger charge is 2.76. The van der Waals surface area contributed by atoms with Crippen LogP contribution in [0.15, 0.2) is 109 Å². The number of fused-ring (bicyclic) bond motifs is 9. The molecular formula is C47H30F12. The molecule has 6 aromatic carbocycles. The summed E-state index contributed by atoms with van der Waals surface area (Å²) in [4.78, 5) is 0. The van der Waals surface area contributed by atoms with Crippen LogP contribution in [0.25, 0.3) is 55.6 Å². The molecule has 0 fully saturated rings. The lowest BCUT2D eigenvalue weighted by atomic mass is 9.75. The summed E-state index contributed by atoms with van der Waals surface area (Å²) in [5.41, 5.74) is -8.70. The van der Waals surface area contributed by atoms with Crippen LogP contribution in [0.3, 0.4) is 0 Å². The Labute approximate surface area is 330 Å². The van der Waals surface area contributed by atoms with Crippen molar-refractivity contribution in [3.63, 3.8) is 0 Å². The molecule has 0 saturated heterocycles. The highest BCUT2D eigenvalue weighted by atomic mass is 19.4. The summed E-state index contributed by atoms with van der Waals surface area (Å²) >= 11 is 0. The summed E-state index contributed by atoms with van der Waals surface area (Å²) in [6.07, 6.45) is -22.9. The topological polar surface area (TPSA) is 0 Å². The SMILES string of the molecule is Cc1cc2c(cc1-c1ccc3c(c1)C(C(F)(F)F)(C(F)(F)F)c1ccccc1-3)C(C)(C)c1cc(-c3ccc4c(c3)C(C(F)(F)F)(C(F)(F)F)c3ccccc3-4)c(C)cc1-2. The van der Waals surface area contributed by atoms with Gasteiger partial charge >= 0.3 is 24.7 Å². The van der Waals surface area contributed by atoms with Gasteiger partial charge in [0.1, 0.15) is 0 Å². The van der Waals surface area contributed by atoms with Crippen LogP contribution in [-0.2, 0) is 16.2 Å². The standard InChI is InChI=1S/C47H30F12/c1-23-17-33-34-18-24(2)32(26-14-16-30-28-10-6-8-12-36(28)43(40(30)20-26,46(54,55)56)47(57,58)59)22-38(34)41(3,4)37(33)21-31(23)25-13-15-29-27-9-5-7-11-35(27)42(39(29)19-25,44(48,49)50)45(51,52)53/h5-22H,1-4H3. The maximum absolute atomic E-state index is 15.0. The second-order valence-corrected chi connectivity index (χ2v) is 16.2. The van der Waals surface area contributed by atoms with Gasteiger partial charge in [0.2, 0.25) is 10.8 Å². The molecule has 0 aromatic heterocycles. The van der Waals surface area contributed by atoms with Crippen LogP contribution >= 0.6 is 0 Å². The van der Waals surface area contributed by atoms with Gasteiger partial charge in [0.05, 0.1) is 0 Å². The van der Waals surface area contributed by atoms with E-state index in [9.17, 15) is 52.7 Å². The van der Waals surface area contributed by atoms with Gasteiger partial charge in [-0.1, -0.05) is 98.8 Å². The van der Waals surface area contributed by atoms with Gasteiger partial charge in [-0.2, -0.15) is 52.7 Å². The van der Waals surface area contributed by atoms with Crippen molar-refractivity contribution in [2.45, 2.75) is 68.6 Å². The highest BCUT2D eigenvalue weighted by molar-refractivity contribution is 5.91. The molecule has 3 aliphatic rings. The molecule has 0 bridgehead atoms. The molecule has 302 valence electrons. The largest absolute Gasteiger partial charge is 0.411 e. The van der Waals surface area contributed by atoms with Crippen molar-refractivity contribution in [2.75, 3.05) is 0 Å². The van der Waals surface area contributed by atoms with Crippen molar-refractivity contribution in [3.05, 3.63) is 154 Å². The minimum absolute atomic E-state index is 0.135. The Bertz CT molecular complexity index is 2560. The Balaban J connectivity index is 1.18. The van der Waals surface area contributed by atoms with Crippen LogP contribution in [0.5, 0.6) is 0 Å². The second kappa shape index (κ2) is 11.8. The van der Waals surface area contributed by atoms with E-state index in [1.165, 1.54) is 48.5 Å². The number of hydrogen-bond acceptors (Lipinski definition) is 0. The van der Waals surface area contributed by atoms with Crippen LogP contribution in [-0.4, -0.2) is 24.7 Å². The minimum atomic E-state index is -5.73. The number of halogens is 12. The number of rotatable bonds is 2. The summed E-state index contributed by atoms with van der Waals surface area (Å²) in [6, 6.07) is 23.9. The average molecular weight is 823 g/mol. The van der Waals surface area contributed by atoms with Gasteiger partial charge in [-0.15, -0.1) is 0 Å². The van der Waals surface area contributed by atoms with E-state index in [-0.39, 0.29) is 33.4 Å². The zero-order valence-corrected chi connectivity index (χ0v) is 31.4. The summed E-state index contributed by atoms with van der Waals surface area (Å²) in [5.74, 6) is 0. The minimum Gasteiger partial charge on any atom is -0.169 e. The third-order valence-electron chi connectivity index (χ3n) is 12.8. The van der Waals surface area contributed by atoms with Gasteiger partial charge in [-0.05, 0) is 138 Å². The molecule has 0 unspecified atom stereocenters. The Kier molecular flexibility index (Phi) is 7.81. The zero-order valence-electron chi connectivity index (χ0n) is 31.4. The summed E-state index contributed by atoms with van der Waals surface area (Å²) < 4.78 is 179. The summed E-state index contributed by atoms with van der Waals surface area (Å²) in [7, 11) is 0. The van der Waals surface area contributed by atoms with E-state index in [0.29, 0.717) is 33.4 Å². The molecule has 9 rings (SSSR count). The smallest absolute Gasteiger partial charge is 0.169 e. The van der Waals surface area contributed by atoms with Gasteiger partial charge in [0.15, 0.2) is 0 Å². The summed E-state index contributed by atoms with van der Waals surface area (Å²) in [5, 5.41) is 0. The van der Waals surface area contributed by atoms with E-state index in [0.717, 1.165) is 47.5 Å². The fourth-order valence-electron chi connectivity index (χ4n) is 10.1. The van der Waals surface area contributed by atoms with E-state index in [2.05, 4.69) is 0 Å². The van der Waals surface area contributed by atoms with E-state index < -0.39 is 63.2 Å². The molecule has 0 saturated carbocycles. The molecular weight excluding hydrogens is 792 g/mol.